The summed E-state index contributed by atoms with van der Waals surface area (Å²) in [6.45, 7) is 4.31. The van der Waals surface area contributed by atoms with E-state index in [9.17, 15) is 28.8 Å². The quantitative estimate of drug-likeness (QED) is 0.192. The van der Waals surface area contributed by atoms with Crippen molar-refractivity contribution in [3.63, 3.8) is 0 Å². The maximum atomic E-state index is 14.2. The fraction of sp³-hybridized carbons (Fsp3) is 0.476. The lowest BCUT2D eigenvalue weighted by Gasteiger charge is -2.30. The number of hydrogen-bond donors (Lipinski definition) is 6. The molecule has 1 aromatic heterocycles. The molecule has 5 atom stereocenters. The van der Waals surface area contributed by atoms with Crippen molar-refractivity contribution in [1.29, 1.82) is 0 Å². The number of nitrogens with zero attached hydrogens (tertiary/aromatic N) is 1. The van der Waals surface area contributed by atoms with Crippen LogP contribution in [0.4, 0.5) is 0 Å². The number of carbonyl (C=O) groups excluding carboxylic acids is 6. The van der Waals surface area contributed by atoms with Crippen molar-refractivity contribution in [3.8, 4) is 0 Å². The molecule has 3 aromatic rings. The van der Waals surface area contributed by atoms with Crippen LogP contribution in [-0.2, 0) is 41.6 Å². The van der Waals surface area contributed by atoms with Crippen molar-refractivity contribution >= 4 is 58.1 Å². The molecule has 2 bridgehead atoms. The first-order valence-corrected chi connectivity index (χ1v) is 21.0. The zero-order valence-corrected chi connectivity index (χ0v) is 33.3. The lowest BCUT2D eigenvalue weighted by atomic mass is 10.0. The SMILES string of the molecule is CSCC[C@H]1NC(=O)[C@H](CC(C)C)N2C=CC(NC(=O)[C@H](Cc3ccccc3)NC(=O)[C@@H](Cc3c[nH]c4ccccc34)NC(=O)CCCCCCNC1=O)C2=O. The Morgan fingerprint density at radius 3 is 2.21 bits per heavy atom. The summed E-state index contributed by atoms with van der Waals surface area (Å²) in [6.07, 6.45) is 10.8. The Balaban J connectivity index is 1.43. The molecule has 56 heavy (non-hydrogen) atoms. The van der Waals surface area contributed by atoms with Crippen LogP contribution < -0.4 is 26.6 Å². The van der Waals surface area contributed by atoms with Crippen molar-refractivity contribution in [1.82, 2.24) is 36.5 Å². The molecule has 14 heteroatoms. The highest BCUT2D eigenvalue weighted by Gasteiger charge is 2.39. The number of thioether (sulfide) groups is 1. The fourth-order valence-corrected chi connectivity index (χ4v) is 7.58. The van der Waals surface area contributed by atoms with E-state index in [1.807, 2.05) is 80.9 Å². The summed E-state index contributed by atoms with van der Waals surface area (Å²) < 4.78 is 0. The highest BCUT2D eigenvalue weighted by Crippen LogP contribution is 2.21. The zero-order valence-electron chi connectivity index (χ0n) is 32.5. The monoisotopic (exact) mass is 785 g/mol. The van der Waals surface area contributed by atoms with Crippen molar-refractivity contribution in [2.45, 2.75) is 102 Å². The first-order valence-electron chi connectivity index (χ1n) is 19.6. The Hall–Kier alpha value is -5.11. The normalized spacial score (nSPS) is 23.7. The van der Waals surface area contributed by atoms with Gasteiger partial charge in [0.1, 0.15) is 30.2 Å². The summed E-state index contributed by atoms with van der Waals surface area (Å²) in [4.78, 5) is 87.3. The summed E-state index contributed by atoms with van der Waals surface area (Å²) in [7, 11) is 0. The van der Waals surface area contributed by atoms with Crippen LogP contribution in [0.15, 0.2) is 73.1 Å². The molecule has 3 heterocycles. The van der Waals surface area contributed by atoms with Crippen LogP contribution in [0.3, 0.4) is 0 Å². The van der Waals surface area contributed by atoms with Gasteiger partial charge in [0.05, 0.1) is 0 Å². The molecule has 2 aliphatic heterocycles. The molecule has 1 saturated heterocycles. The number of carbonyl (C=O) groups is 6. The third-order valence-corrected chi connectivity index (χ3v) is 10.8. The summed E-state index contributed by atoms with van der Waals surface area (Å²) in [6, 6.07) is 12.0. The van der Waals surface area contributed by atoms with Gasteiger partial charge in [0.25, 0.3) is 5.91 Å². The number of aromatic nitrogens is 1. The van der Waals surface area contributed by atoms with E-state index in [1.54, 1.807) is 11.8 Å². The lowest BCUT2D eigenvalue weighted by Crippen LogP contribution is -2.58. The Kier molecular flexibility index (Phi) is 15.5. The predicted molar refractivity (Wildman–Crippen MR) is 218 cm³/mol. The van der Waals surface area contributed by atoms with Crippen LogP contribution in [0.25, 0.3) is 10.9 Å². The van der Waals surface area contributed by atoms with Gasteiger partial charge in [-0.15, -0.1) is 0 Å². The summed E-state index contributed by atoms with van der Waals surface area (Å²) in [5.74, 6) is -1.97. The molecular formula is C42H55N7O6S. The summed E-state index contributed by atoms with van der Waals surface area (Å²) >= 11 is 1.57. The third kappa shape index (κ3) is 11.7. The van der Waals surface area contributed by atoms with Gasteiger partial charge in [-0.25, -0.2) is 0 Å². The molecular weight excluding hydrogens is 731 g/mol. The highest BCUT2D eigenvalue weighted by atomic mass is 32.2. The first-order chi connectivity index (χ1) is 27.0. The van der Waals surface area contributed by atoms with E-state index in [-0.39, 0.29) is 37.0 Å². The van der Waals surface area contributed by atoms with Crippen LogP contribution in [0.1, 0.15) is 69.9 Å². The molecule has 0 spiro atoms. The van der Waals surface area contributed by atoms with E-state index >= 15 is 0 Å². The van der Waals surface area contributed by atoms with Crippen LogP contribution >= 0.6 is 11.8 Å². The number of benzene rings is 2. The number of rotatable bonds is 9. The molecule has 300 valence electrons. The Bertz CT molecular complexity index is 1860. The van der Waals surface area contributed by atoms with Crippen LogP contribution in [0.2, 0.25) is 0 Å². The van der Waals surface area contributed by atoms with E-state index in [0.29, 0.717) is 38.0 Å². The highest BCUT2D eigenvalue weighted by molar-refractivity contribution is 7.98. The van der Waals surface area contributed by atoms with Crippen LogP contribution in [-0.4, -0.2) is 94.1 Å². The van der Waals surface area contributed by atoms with Crippen molar-refractivity contribution in [3.05, 3.63) is 84.2 Å². The first kappa shape index (κ1) is 42.0. The molecule has 0 radical (unpaired) electrons. The van der Waals surface area contributed by atoms with E-state index in [1.165, 1.54) is 17.2 Å². The third-order valence-electron chi connectivity index (χ3n) is 10.1. The Labute approximate surface area is 332 Å². The minimum absolute atomic E-state index is 0.0323. The maximum absolute atomic E-state index is 14.2. The summed E-state index contributed by atoms with van der Waals surface area (Å²) in [5, 5.41) is 15.4. The van der Waals surface area contributed by atoms with E-state index in [0.717, 1.165) is 34.9 Å². The molecule has 1 fully saturated rings. The lowest BCUT2D eigenvalue weighted by molar-refractivity contribution is -0.140. The molecule has 6 amide bonds. The number of H-pyrrole nitrogens is 1. The second-order valence-corrected chi connectivity index (χ2v) is 15.9. The molecule has 1 unspecified atom stereocenters. The smallest absolute Gasteiger partial charge is 0.253 e. The van der Waals surface area contributed by atoms with Crippen LogP contribution in [0.5, 0.6) is 0 Å². The minimum atomic E-state index is -1.10. The van der Waals surface area contributed by atoms with Gasteiger partial charge in [0, 0.05) is 49.1 Å². The molecule has 5 rings (SSSR count). The molecule has 0 saturated carbocycles. The number of hydrogen-bond acceptors (Lipinski definition) is 7. The zero-order chi connectivity index (χ0) is 40.0. The predicted octanol–water partition coefficient (Wildman–Crippen LogP) is 3.50. The average Bonchev–Trinajstić information content (AvgIpc) is 3.76. The van der Waals surface area contributed by atoms with Gasteiger partial charge in [-0.1, -0.05) is 75.2 Å². The molecule has 2 aromatic carbocycles. The van der Waals surface area contributed by atoms with E-state index in [4.69, 9.17) is 0 Å². The van der Waals surface area contributed by atoms with Crippen molar-refractivity contribution < 1.29 is 28.8 Å². The van der Waals surface area contributed by atoms with Gasteiger partial charge in [0.15, 0.2) is 0 Å². The van der Waals surface area contributed by atoms with Crippen molar-refractivity contribution in [2.24, 2.45) is 5.92 Å². The number of nitrogens with one attached hydrogen (secondary N) is 6. The molecule has 13 nitrogen and oxygen atoms in total. The molecule has 0 aliphatic carbocycles. The van der Waals surface area contributed by atoms with E-state index < -0.39 is 53.8 Å². The Morgan fingerprint density at radius 1 is 0.750 bits per heavy atom. The second kappa shape index (κ2) is 20.7. The van der Waals surface area contributed by atoms with Gasteiger partial charge in [-0.2, -0.15) is 11.8 Å². The number of amides is 6. The van der Waals surface area contributed by atoms with E-state index in [2.05, 4.69) is 31.6 Å². The van der Waals surface area contributed by atoms with Gasteiger partial charge in [-0.3, -0.25) is 28.8 Å². The van der Waals surface area contributed by atoms with Gasteiger partial charge >= 0.3 is 0 Å². The topological polar surface area (TPSA) is 182 Å². The largest absolute Gasteiger partial charge is 0.361 e. The number of para-hydroxylation sites is 1. The Morgan fingerprint density at radius 2 is 1.45 bits per heavy atom. The number of fused-ring (bicyclic) bond motifs is 3. The van der Waals surface area contributed by atoms with Gasteiger partial charge in [0.2, 0.25) is 29.5 Å². The summed E-state index contributed by atoms with van der Waals surface area (Å²) in [5.41, 5.74) is 2.51. The minimum Gasteiger partial charge on any atom is -0.361 e. The van der Waals surface area contributed by atoms with Gasteiger partial charge in [-0.05, 0) is 66.9 Å². The molecule has 6 N–H and O–H groups in total. The van der Waals surface area contributed by atoms with Crippen LogP contribution in [0, 0.1) is 5.92 Å². The second-order valence-electron chi connectivity index (χ2n) is 15.0. The fourth-order valence-electron chi connectivity index (χ4n) is 7.11. The van der Waals surface area contributed by atoms with Gasteiger partial charge < -0.3 is 36.5 Å². The van der Waals surface area contributed by atoms with Crippen molar-refractivity contribution in [2.75, 3.05) is 18.6 Å². The number of aromatic amines is 1. The average molecular weight is 786 g/mol. The molecule has 2 aliphatic rings. The standard InChI is InChI=1S/C42H55N7O6S/c1-27(2)23-36-41(54)46-32(19-22-56-3)38(51)43-20-12-5-4-9-17-37(50)45-35(25-29-26-44-31-16-11-10-15-30(29)31)40(53)48-34(24-28-13-7-6-8-14-28)39(52)47-33-18-21-49(36)42(33)55/h6-8,10-11,13-16,18,21,26-27,32-36,44H,4-5,9,12,17,19-20,22-25H2,1-3H3,(H,43,51)(H,45,50)(H,46,54)(H,47,52)(H,48,53)/t32-,33?,34+,35-,36+/m1/s1. The maximum Gasteiger partial charge on any atom is 0.253 e.